The molecule has 4 aromatic rings. The Morgan fingerprint density at radius 3 is 2.41 bits per heavy atom. The SMILES string of the molecule is O.O=S(=O)(Cc1ccccc1)N1CCN(c2ccc(OCC3COC(Cn4cncn4)(c4ccc(Cl)cc4Cl)O3)cc2)CC1. The van der Waals surface area contributed by atoms with Crippen molar-refractivity contribution in [2.24, 2.45) is 0 Å². The molecule has 2 fully saturated rings. The summed E-state index contributed by atoms with van der Waals surface area (Å²) in [6.07, 6.45) is 2.68. The largest absolute Gasteiger partial charge is 0.491 e. The molecule has 2 aliphatic rings. The fourth-order valence-corrected chi connectivity index (χ4v) is 7.39. The van der Waals surface area contributed by atoms with Crippen LogP contribution in [0.3, 0.4) is 0 Å². The Morgan fingerprint density at radius 2 is 1.73 bits per heavy atom. The molecule has 0 bridgehead atoms. The number of halogens is 2. The molecule has 44 heavy (non-hydrogen) atoms. The van der Waals surface area contributed by atoms with Gasteiger partial charge in [-0.2, -0.15) is 9.40 Å². The van der Waals surface area contributed by atoms with Crippen molar-refractivity contribution in [3.63, 3.8) is 0 Å². The van der Waals surface area contributed by atoms with E-state index in [0.29, 0.717) is 54.1 Å². The number of hydrogen-bond acceptors (Lipinski definition) is 8. The van der Waals surface area contributed by atoms with Crippen LogP contribution in [0, 0.1) is 0 Å². The number of ether oxygens (including phenoxy) is 3. The van der Waals surface area contributed by atoms with E-state index >= 15 is 0 Å². The minimum absolute atomic E-state index is 0. The zero-order valence-corrected chi connectivity index (χ0v) is 26.1. The molecule has 2 atom stereocenters. The summed E-state index contributed by atoms with van der Waals surface area (Å²) < 4.78 is 47.7. The number of benzene rings is 3. The van der Waals surface area contributed by atoms with Gasteiger partial charge >= 0.3 is 0 Å². The third kappa shape index (κ3) is 7.35. The van der Waals surface area contributed by atoms with Crippen molar-refractivity contribution < 1.29 is 28.1 Å². The zero-order valence-electron chi connectivity index (χ0n) is 23.8. The number of rotatable bonds is 10. The highest BCUT2D eigenvalue weighted by molar-refractivity contribution is 7.88. The summed E-state index contributed by atoms with van der Waals surface area (Å²) >= 11 is 12.7. The molecule has 2 saturated heterocycles. The Labute approximate surface area is 266 Å². The average molecular weight is 663 g/mol. The fourth-order valence-electron chi connectivity index (χ4n) is 5.33. The van der Waals surface area contributed by atoms with E-state index in [-0.39, 0.29) is 30.5 Å². The van der Waals surface area contributed by atoms with Gasteiger partial charge in [-0.1, -0.05) is 59.6 Å². The van der Waals surface area contributed by atoms with Gasteiger partial charge in [0.05, 0.1) is 17.4 Å². The number of sulfonamides is 1. The molecule has 11 nitrogen and oxygen atoms in total. The van der Waals surface area contributed by atoms with Gasteiger partial charge in [-0.15, -0.1) is 0 Å². The lowest BCUT2D eigenvalue weighted by Crippen LogP contribution is -2.49. The lowest BCUT2D eigenvalue weighted by Gasteiger charge is -2.35. The van der Waals surface area contributed by atoms with Crippen molar-refractivity contribution in [2.45, 2.75) is 24.2 Å². The molecule has 0 amide bonds. The quantitative estimate of drug-likeness (QED) is 0.251. The molecule has 0 radical (unpaired) electrons. The summed E-state index contributed by atoms with van der Waals surface area (Å²) in [5.41, 5.74) is 2.45. The molecule has 3 aromatic carbocycles. The van der Waals surface area contributed by atoms with Crippen molar-refractivity contribution >= 4 is 38.9 Å². The van der Waals surface area contributed by atoms with E-state index in [1.54, 1.807) is 33.5 Å². The summed E-state index contributed by atoms with van der Waals surface area (Å²) in [5, 5.41) is 5.15. The first kappa shape index (κ1) is 32.2. The van der Waals surface area contributed by atoms with Crippen LogP contribution in [0.1, 0.15) is 11.1 Å². The van der Waals surface area contributed by atoms with Gasteiger partial charge in [0.1, 0.15) is 37.7 Å². The average Bonchev–Trinajstić information content (AvgIpc) is 3.67. The number of hydrogen-bond donors (Lipinski definition) is 0. The standard InChI is InChI=1S/C30H31Cl2N5O5S.H2O/c31-24-6-11-28(29(32)16-24)30(20-36-22-33-21-34-36)41-18-27(42-30)17-40-26-9-7-25(8-10-26)35-12-14-37(15-13-35)43(38,39)19-23-4-2-1-3-5-23;/h1-11,16,21-22,27H,12-15,17-20H2;1H2. The van der Waals surface area contributed by atoms with Crippen molar-refractivity contribution in [3.8, 4) is 5.75 Å². The first-order valence-electron chi connectivity index (χ1n) is 13.9. The number of piperazine rings is 1. The predicted molar refractivity (Wildman–Crippen MR) is 167 cm³/mol. The van der Waals surface area contributed by atoms with E-state index in [4.69, 9.17) is 37.4 Å². The first-order valence-corrected chi connectivity index (χ1v) is 16.3. The Balaban J connectivity index is 0.00000384. The maximum atomic E-state index is 12.9. The van der Waals surface area contributed by atoms with Gasteiger partial charge in [-0.25, -0.2) is 18.1 Å². The first-order chi connectivity index (χ1) is 20.8. The van der Waals surface area contributed by atoms with E-state index in [0.717, 1.165) is 11.3 Å². The van der Waals surface area contributed by atoms with Gasteiger partial charge in [0.25, 0.3) is 0 Å². The Morgan fingerprint density at radius 1 is 0.977 bits per heavy atom. The second-order valence-electron chi connectivity index (χ2n) is 10.5. The lowest BCUT2D eigenvalue weighted by atomic mass is 10.1. The van der Waals surface area contributed by atoms with Crippen LogP contribution in [0.5, 0.6) is 5.75 Å². The van der Waals surface area contributed by atoms with Gasteiger partial charge in [0.2, 0.25) is 15.8 Å². The van der Waals surface area contributed by atoms with Gasteiger partial charge in [0.15, 0.2) is 0 Å². The second-order valence-corrected chi connectivity index (χ2v) is 13.3. The highest BCUT2D eigenvalue weighted by Gasteiger charge is 2.45. The van der Waals surface area contributed by atoms with Gasteiger partial charge in [0, 0.05) is 42.5 Å². The lowest BCUT2D eigenvalue weighted by molar-refractivity contribution is -0.190. The van der Waals surface area contributed by atoms with E-state index < -0.39 is 15.8 Å². The van der Waals surface area contributed by atoms with Gasteiger partial charge in [-0.3, -0.25) is 0 Å². The molecule has 0 saturated carbocycles. The molecular weight excluding hydrogens is 629 g/mol. The molecule has 0 spiro atoms. The molecule has 1 aromatic heterocycles. The highest BCUT2D eigenvalue weighted by atomic mass is 35.5. The molecule has 234 valence electrons. The fraction of sp³-hybridized carbons (Fsp3) is 0.333. The summed E-state index contributed by atoms with van der Waals surface area (Å²) in [4.78, 5) is 6.20. The minimum atomic E-state index is -3.37. The summed E-state index contributed by atoms with van der Waals surface area (Å²) in [6, 6.07) is 22.3. The van der Waals surface area contributed by atoms with Crippen molar-refractivity contribution in [3.05, 3.63) is 107 Å². The third-order valence-electron chi connectivity index (χ3n) is 7.50. The van der Waals surface area contributed by atoms with Gasteiger partial charge < -0.3 is 24.6 Å². The summed E-state index contributed by atoms with van der Waals surface area (Å²) in [6.45, 7) is 2.93. The molecule has 0 aliphatic carbocycles. The number of anilines is 1. The molecular formula is C30H33Cl2N5O6S. The van der Waals surface area contributed by atoms with E-state index in [2.05, 4.69) is 15.0 Å². The number of aromatic nitrogens is 3. The third-order valence-corrected chi connectivity index (χ3v) is 9.90. The van der Waals surface area contributed by atoms with Crippen LogP contribution >= 0.6 is 23.2 Å². The molecule has 3 heterocycles. The number of nitrogens with zero attached hydrogens (tertiary/aromatic N) is 5. The smallest absolute Gasteiger partial charge is 0.218 e. The van der Waals surface area contributed by atoms with Crippen molar-refractivity contribution in [2.75, 3.05) is 44.3 Å². The molecule has 2 unspecified atom stereocenters. The van der Waals surface area contributed by atoms with Crippen LogP contribution in [0.2, 0.25) is 10.0 Å². The van der Waals surface area contributed by atoms with Crippen molar-refractivity contribution in [1.29, 1.82) is 0 Å². The Hall–Kier alpha value is -3.23. The summed E-state index contributed by atoms with van der Waals surface area (Å²) in [7, 11) is -3.37. The molecule has 2 N–H and O–H groups in total. The maximum Gasteiger partial charge on any atom is 0.218 e. The van der Waals surface area contributed by atoms with Crippen LogP contribution in [-0.2, 0) is 37.6 Å². The van der Waals surface area contributed by atoms with Crippen molar-refractivity contribution in [1.82, 2.24) is 19.1 Å². The molecule has 2 aliphatic heterocycles. The van der Waals surface area contributed by atoms with Gasteiger partial charge in [-0.05, 0) is 42.0 Å². The van der Waals surface area contributed by atoms with Crippen LogP contribution in [-0.4, -0.2) is 78.5 Å². The second kappa shape index (κ2) is 13.8. The zero-order chi connectivity index (χ0) is 29.9. The monoisotopic (exact) mass is 661 g/mol. The topological polar surface area (TPSA) is 131 Å². The normalized spacial score (nSPS) is 20.8. The van der Waals surface area contributed by atoms with Crippen LogP contribution in [0.15, 0.2) is 85.5 Å². The summed E-state index contributed by atoms with van der Waals surface area (Å²) in [5.74, 6) is -0.469. The van der Waals surface area contributed by atoms with E-state index in [9.17, 15) is 8.42 Å². The van der Waals surface area contributed by atoms with E-state index in [1.807, 2.05) is 54.6 Å². The minimum Gasteiger partial charge on any atom is -0.491 e. The predicted octanol–water partition coefficient (Wildman–Crippen LogP) is 3.76. The Bertz CT molecular complexity index is 1620. The van der Waals surface area contributed by atoms with Crippen LogP contribution in [0.4, 0.5) is 5.69 Å². The Kier molecular flexibility index (Phi) is 10.1. The molecule has 14 heteroatoms. The van der Waals surface area contributed by atoms with E-state index in [1.165, 1.54) is 6.33 Å². The highest BCUT2D eigenvalue weighted by Crippen LogP contribution is 2.40. The van der Waals surface area contributed by atoms with Crippen LogP contribution in [0.25, 0.3) is 0 Å². The maximum absolute atomic E-state index is 12.9. The molecule has 6 rings (SSSR count). The van der Waals surface area contributed by atoms with Crippen LogP contribution < -0.4 is 9.64 Å².